The molecule has 0 spiro atoms. The van der Waals surface area contributed by atoms with Crippen molar-refractivity contribution in [1.29, 1.82) is 0 Å². The predicted molar refractivity (Wildman–Crippen MR) is 362 cm³/mol. The predicted octanol–water partition coefficient (Wildman–Crippen LogP) is 17.2. The molecule has 5 aliphatic carbocycles. The van der Waals surface area contributed by atoms with E-state index in [-0.39, 0.29) is 124 Å². The number of carboxylic acids is 1. The number of ether oxygens (including phenoxy) is 1. The molecule has 0 aliphatic heterocycles. The number of nitrogens with one attached hydrogen (secondary N) is 1. The van der Waals surface area contributed by atoms with E-state index in [4.69, 9.17) is 4.74 Å². The van der Waals surface area contributed by atoms with Crippen LogP contribution in [0, 0.1) is 17.3 Å². The van der Waals surface area contributed by atoms with Crippen LogP contribution >= 0.6 is 0 Å². The Hall–Kier alpha value is -6.94. The van der Waals surface area contributed by atoms with Crippen LogP contribution in [-0.4, -0.2) is 54.7 Å². The molecule has 16 bridgehead atoms. The molecule has 0 radical (unpaired) electrons. The molecule has 1 amide bonds. The summed E-state index contributed by atoms with van der Waals surface area (Å²) < 4.78 is 7.06. The Morgan fingerprint density at radius 2 is 0.633 bits per heavy atom. The van der Waals surface area contributed by atoms with Gasteiger partial charge in [0.05, 0.1) is 6.42 Å². The Labute approximate surface area is 537 Å². The van der Waals surface area contributed by atoms with Crippen molar-refractivity contribution < 1.29 is 45.0 Å². The van der Waals surface area contributed by atoms with Crippen molar-refractivity contribution in [3.8, 4) is 34.5 Å². The monoisotopic (exact) mass is 1220 g/mol. The highest BCUT2D eigenvalue weighted by Gasteiger charge is 2.58. The molecule has 4 saturated carbocycles. The van der Waals surface area contributed by atoms with Gasteiger partial charge in [-0.25, -0.2) is 0 Å². The van der Waals surface area contributed by atoms with Crippen LogP contribution in [0.25, 0.3) is 0 Å². The molecule has 10 heteroatoms. The van der Waals surface area contributed by atoms with Gasteiger partial charge in [0.1, 0.15) is 34.5 Å². The Morgan fingerprint density at radius 1 is 0.400 bits per heavy atom. The van der Waals surface area contributed by atoms with Gasteiger partial charge in [0.25, 0.3) is 5.91 Å². The van der Waals surface area contributed by atoms with E-state index in [1.807, 2.05) is 36.4 Å². The maximum Gasteiger partial charge on any atom is 0.303 e. The van der Waals surface area contributed by atoms with Crippen LogP contribution in [0.15, 0.2) is 72.8 Å². The van der Waals surface area contributed by atoms with Crippen LogP contribution in [-0.2, 0) is 80.6 Å². The highest BCUT2D eigenvalue weighted by Crippen LogP contribution is 2.63. The first-order chi connectivity index (χ1) is 41.5. The Kier molecular flexibility index (Phi) is 16.9. The van der Waals surface area contributed by atoms with E-state index >= 15 is 0 Å². The fourth-order valence-electron chi connectivity index (χ4n) is 15.8. The number of carbonyl (C=O) groups is 2. The quantitative estimate of drug-likeness (QED) is 0.0854. The van der Waals surface area contributed by atoms with Crippen molar-refractivity contribution in [2.45, 2.75) is 246 Å². The second-order valence-electron chi connectivity index (χ2n) is 34.5. The van der Waals surface area contributed by atoms with Gasteiger partial charge < -0.3 is 40.7 Å². The summed E-state index contributed by atoms with van der Waals surface area (Å²) in [6, 6.07) is 24.8. The maximum atomic E-state index is 14.8. The molecule has 2 unspecified atom stereocenters. The number of aromatic hydroxyl groups is 5. The number of hydrogen-bond donors (Lipinski definition) is 7. The molecule has 0 aromatic heterocycles. The number of amides is 1. The van der Waals surface area contributed by atoms with Crippen molar-refractivity contribution in [3.05, 3.63) is 173 Å². The van der Waals surface area contributed by atoms with Crippen LogP contribution in [0.3, 0.4) is 0 Å². The van der Waals surface area contributed by atoms with Crippen LogP contribution in [0.1, 0.15) is 270 Å². The lowest BCUT2D eigenvalue weighted by molar-refractivity contribution is -0.149. The number of benzene rings is 6. The Balaban J connectivity index is 1.21. The molecule has 90 heavy (non-hydrogen) atoms. The van der Waals surface area contributed by atoms with Gasteiger partial charge in [-0.2, -0.15) is 0 Å². The standard InChI is InChI=1S/C80H103NO9/c1-73(2,3)59-26-47-20-49-28-60(74(4,5)6)30-51(68(49)86)22-53-32-62(76(10,11)12)34-55(70(53)88)24-57-36-64(78(16,17)18)37-58(72(57)90-43-65(82)81-80-40-45-19-46(41-80)39-79(38-45,44-80)42-66(83)84)25-56-35-63(77(13,14)15)33-54(71(56)89)23-52-31-61(75(7,8)9)29-50(69(52)87)21-48(27-59)67(47)85/h26-37,45-46,85-89H,19-25,38-44H2,1-18H3,(H,81,82)(H,83,84)/t45-,46+,79?,80?. The van der Waals surface area contributed by atoms with Crippen LogP contribution < -0.4 is 10.1 Å². The van der Waals surface area contributed by atoms with Gasteiger partial charge in [0, 0.05) is 44.1 Å². The van der Waals surface area contributed by atoms with E-state index in [1.165, 1.54) is 0 Å². The number of carboxylic acid groups (broad SMARTS) is 1. The van der Waals surface area contributed by atoms with Crippen LogP contribution in [0.5, 0.6) is 34.5 Å². The number of rotatable bonds is 6. The third-order valence-electron chi connectivity index (χ3n) is 20.5. The highest BCUT2D eigenvalue weighted by atomic mass is 16.5. The molecule has 6 aromatic carbocycles. The topological polar surface area (TPSA) is 177 Å². The lowest BCUT2D eigenvalue weighted by atomic mass is 9.46. The lowest BCUT2D eigenvalue weighted by Crippen LogP contribution is -2.63. The average molecular weight is 1220 g/mol. The van der Waals surface area contributed by atoms with E-state index in [2.05, 4.69) is 166 Å². The zero-order valence-corrected chi connectivity index (χ0v) is 57.4. The van der Waals surface area contributed by atoms with Gasteiger partial charge in [-0.1, -0.05) is 197 Å². The minimum atomic E-state index is -0.791. The maximum absolute atomic E-state index is 14.8. The van der Waals surface area contributed by atoms with E-state index in [0.29, 0.717) is 79.6 Å². The second kappa shape index (κ2) is 23.0. The number of phenolic OH excluding ortho intramolecular Hbond substituents is 5. The molecule has 5 aliphatic rings. The molecular formula is C80H103NO9. The summed E-state index contributed by atoms with van der Waals surface area (Å²) in [6.07, 6.45) is 6.40. The SMILES string of the molecule is CC(C)(C)c1cc2c(O)c(c1)Cc1cc(C(C)(C)C)cc(c1O)Cc1cc(C(C)(C)C)cc(c1O)Cc1cc(C(C)(C)C)cc(c1OCC(=O)NC13C[C@@H]4C[C@@H](CC(CC(=O)O)(C4)C1)C3)Cc1cc(C(C)(C)C)cc(c1O)Cc1cc(C(C)(C)C)cc(c1O)C2. The second-order valence-corrected chi connectivity index (χ2v) is 34.5. The van der Waals surface area contributed by atoms with Crippen molar-refractivity contribution in [3.63, 3.8) is 0 Å². The first-order valence-electron chi connectivity index (χ1n) is 33.0. The van der Waals surface area contributed by atoms with Crippen LogP contribution in [0.4, 0.5) is 0 Å². The molecule has 7 N–H and O–H groups in total. The third-order valence-corrected chi connectivity index (χ3v) is 20.5. The van der Waals surface area contributed by atoms with Gasteiger partial charge in [-0.15, -0.1) is 0 Å². The van der Waals surface area contributed by atoms with Gasteiger partial charge in [-0.05, 0) is 188 Å². The van der Waals surface area contributed by atoms with Crippen molar-refractivity contribution in [2.24, 2.45) is 17.3 Å². The normalized spacial score (nSPS) is 20.6. The third kappa shape index (κ3) is 13.8. The summed E-state index contributed by atoms with van der Waals surface area (Å²) in [5.41, 5.74) is 10.9. The fraction of sp³-hybridized carbons (Fsp3) is 0.525. The smallest absolute Gasteiger partial charge is 0.303 e. The number of carbonyl (C=O) groups excluding carboxylic acids is 1. The molecule has 11 rings (SSSR count). The van der Waals surface area contributed by atoms with Gasteiger partial charge in [0.2, 0.25) is 0 Å². The van der Waals surface area contributed by atoms with E-state index < -0.39 is 11.5 Å². The minimum Gasteiger partial charge on any atom is -0.507 e. The summed E-state index contributed by atoms with van der Waals surface area (Å²) in [4.78, 5) is 27.2. The molecule has 10 nitrogen and oxygen atoms in total. The summed E-state index contributed by atoms with van der Waals surface area (Å²) in [6.45, 7) is 38.4. The molecular weight excluding hydrogens is 1120 g/mol. The Bertz CT molecular complexity index is 3620. The van der Waals surface area contributed by atoms with Crippen LogP contribution in [0.2, 0.25) is 0 Å². The first kappa shape index (κ1) is 66.0. The van der Waals surface area contributed by atoms with Crippen molar-refractivity contribution >= 4 is 11.9 Å². The number of phenols is 5. The Morgan fingerprint density at radius 3 is 0.867 bits per heavy atom. The van der Waals surface area contributed by atoms with Crippen molar-refractivity contribution in [1.82, 2.24) is 5.32 Å². The molecule has 4 atom stereocenters. The van der Waals surface area contributed by atoms with E-state index in [0.717, 1.165) is 76.6 Å². The van der Waals surface area contributed by atoms with Gasteiger partial charge >= 0.3 is 5.97 Å². The summed E-state index contributed by atoms with van der Waals surface area (Å²) >= 11 is 0. The lowest BCUT2D eigenvalue weighted by Gasteiger charge is -2.62. The van der Waals surface area contributed by atoms with E-state index in [9.17, 15) is 40.2 Å². The molecule has 0 heterocycles. The molecule has 0 saturated heterocycles. The number of hydrogen-bond acceptors (Lipinski definition) is 8. The fourth-order valence-corrected chi connectivity index (χ4v) is 15.8. The zero-order valence-electron chi connectivity index (χ0n) is 57.4. The van der Waals surface area contributed by atoms with Gasteiger partial charge in [0.15, 0.2) is 6.61 Å². The largest absolute Gasteiger partial charge is 0.507 e. The summed E-state index contributed by atoms with van der Waals surface area (Å²) in [7, 11) is 0. The molecule has 482 valence electrons. The zero-order chi connectivity index (χ0) is 66.0. The highest BCUT2D eigenvalue weighted by molar-refractivity contribution is 5.79. The summed E-state index contributed by atoms with van der Waals surface area (Å²) in [5.74, 6) is 0.570. The van der Waals surface area contributed by atoms with Gasteiger partial charge in [-0.3, -0.25) is 9.59 Å². The molecule has 4 fully saturated rings. The van der Waals surface area contributed by atoms with Crippen molar-refractivity contribution in [2.75, 3.05) is 6.61 Å². The first-order valence-corrected chi connectivity index (χ1v) is 33.0. The van der Waals surface area contributed by atoms with E-state index in [1.54, 1.807) is 0 Å². The number of fused-ring (bicyclic) bond motifs is 12. The summed E-state index contributed by atoms with van der Waals surface area (Å²) in [5, 5.41) is 77.7. The average Bonchev–Trinajstić information content (AvgIpc) is 0.730. The number of aliphatic carboxylic acids is 1. The minimum absolute atomic E-state index is 0.0875. The molecule has 6 aromatic rings.